The lowest BCUT2D eigenvalue weighted by molar-refractivity contribution is -0.106. The molecule has 1 saturated heterocycles. The third kappa shape index (κ3) is 6.95. The Morgan fingerprint density at radius 1 is 0.973 bits per heavy atom. The van der Waals surface area contributed by atoms with Gasteiger partial charge in [-0.25, -0.2) is 0 Å². The van der Waals surface area contributed by atoms with Crippen LogP contribution >= 0.6 is 23.2 Å². The molecule has 0 spiro atoms. The van der Waals surface area contributed by atoms with E-state index in [4.69, 9.17) is 23.2 Å². The van der Waals surface area contributed by atoms with Crippen LogP contribution in [0.15, 0.2) is 61.2 Å². The maximum absolute atomic E-state index is 11.6. The molecule has 196 valence electrons. The molecule has 1 aliphatic heterocycles. The molecule has 1 aliphatic rings. The van der Waals surface area contributed by atoms with Crippen molar-refractivity contribution in [3.05, 3.63) is 71.2 Å². The molecule has 3 aromatic rings. The summed E-state index contributed by atoms with van der Waals surface area (Å²) in [5.41, 5.74) is 4.09. The second kappa shape index (κ2) is 13.3. The van der Waals surface area contributed by atoms with Crippen molar-refractivity contribution in [2.45, 2.75) is 13.8 Å². The molecule has 7 nitrogen and oxygen atoms in total. The first-order valence-electron chi connectivity index (χ1n) is 12.2. The van der Waals surface area contributed by atoms with E-state index in [0.29, 0.717) is 38.8 Å². The highest BCUT2D eigenvalue weighted by atomic mass is 35.5. The molecular formula is C28H33Cl2N5O2. The predicted octanol–water partition coefficient (Wildman–Crippen LogP) is 5.86. The van der Waals surface area contributed by atoms with E-state index in [2.05, 4.69) is 15.2 Å². The third-order valence-corrected chi connectivity index (χ3v) is 6.29. The van der Waals surface area contributed by atoms with Crippen LogP contribution in [0.3, 0.4) is 0 Å². The smallest absolute Gasteiger partial charge is 0.218 e. The van der Waals surface area contributed by atoms with E-state index < -0.39 is 0 Å². The molecule has 37 heavy (non-hydrogen) atoms. The van der Waals surface area contributed by atoms with Gasteiger partial charge in [-0.2, -0.15) is 0 Å². The van der Waals surface area contributed by atoms with Crippen LogP contribution in [0, 0.1) is 0 Å². The minimum absolute atomic E-state index is 0.0808. The summed E-state index contributed by atoms with van der Waals surface area (Å²) < 4.78 is 0. The summed E-state index contributed by atoms with van der Waals surface area (Å²) in [5.74, 6) is 0.0808. The van der Waals surface area contributed by atoms with Gasteiger partial charge in [-0.15, -0.1) is 0 Å². The standard InChI is InChI=1S/C26H27Cl2N5O2.C2H6/c1-31(2)9-10-33(17-34)25-4-3-18(12-24(25)28)22-13-20(27)14-23(26(22)35)19-11-21(16-30-15-19)32-7-5-29-6-8-32;1-2/h3-4,9-17,29,35H,5-8H2,1-2H3;1-2H3/b10-9-;. The number of piperazine rings is 1. The zero-order valence-electron chi connectivity index (χ0n) is 21.6. The number of nitrogens with zero attached hydrogens (tertiary/aromatic N) is 4. The van der Waals surface area contributed by atoms with Gasteiger partial charge in [-0.05, 0) is 35.9 Å². The summed E-state index contributed by atoms with van der Waals surface area (Å²) in [6, 6.07) is 10.7. The molecule has 2 aromatic carbocycles. The van der Waals surface area contributed by atoms with E-state index in [1.165, 1.54) is 4.90 Å². The van der Waals surface area contributed by atoms with E-state index in [9.17, 15) is 9.90 Å². The fraction of sp³-hybridized carbons (Fsp3) is 0.286. The first-order valence-corrected chi connectivity index (χ1v) is 12.9. The Hall–Kier alpha value is -3.26. The second-order valence-corrected chi connectivity index (χ2v) is 9.30. The number of hydrogen-bond acceptors (Lipinski definition) is 6. The van der Waals surface area contributed by atoms with Crippen LogP contribution in [-0.2, 0) is 4.79 Å². The minimum Gasteiger partial charge on any atom is -0.507 e. The number of carbonyl (C=O) groups excluding carboxylic acids is 1. The van der Waals surface area contributed by atoms with Gasteiger partial charge in [0.2, 0.25) is 6.41 Å². The lowest BCUT2D eigenvalue weighted by Crippen LogP contribution is -2.43. The van der Waals surface area contributed by atoms with Crippen molar-refractivity contribution in [2.24, 2.45) is 0 Å². The van der Waals surface area contributed by atoms with Gasteiger partial charge in [-0.1, -0.05) is 43.1 Å². The lowest BCUT2D eigenvalue weighted by Gasteiger charge is -2.29. The van der Waals surface area contributed by atoms with Crippen LogP contribution in [0.1, 0.15) is 13.8 Å². The molecule has 1 amide bonds. The second-order valence-electron chi connectivity index (χ2n) is 8.46. The largest absolute Gasteiger partial charge is 0.507 e. The molecule has 0 aliphatic carbocycles. The van der Waals surface area contributed by atoms with Crippen molar-refractivity contribution in [3.63, 3.8) is 0 Å². The summed E-state index contributed by atoms with van der Waals surface area (Å²) in [7, 11) is 3.72. The molecule has 1 aromatic heterocycles. The Morgan fingerprint density at radius 2 is 1.65 bits per heavy atom. The van der Waals surface area contributed by atoms with Crippen molar-refractivity contribution < 1.29 is 9.90 Å². The first-order chi connectivity index (χ1) is 17.9. The number of carbonyl (C=O) groups is 1. The molecule has 2 heterocycles. The number of halogens is 2. The Bertz CT molecular complexity index is 1240. The topological polar surface area (TPSA) is 71.9 Å². The van der Waals surface area contributed by atoms with Crippen molar-refractivity contribution in [2.75, 3.05) is 50.1 Å². The summed E-state index contributed by atoms with van der Waals surface area (Å²) in [6.45, 7) is 7.62. The summed E-state index contributed by atoms with van der Waals surface area (Å²) >= 11 is 13.0. The lowest BCUT2D eigenvalue weighted by atomic mass is 9.97. The van der Waals surface area contributed by atoms with Gasteiger partial charge in [0.25, 0.3) is 0 Å². The van der Waals surface area contributed by atoms with Crippen molar-refractivity contribution in [1.82, 2.24) is 15.2 Å². The number of phenols is 1. The quantitative estimate of drug-likeness (QED) is 0.365. The number of hydrogen-bond donors (Lipinski definition) is 2. The Morgan fingerprint density at radius 3 is 2.27 bits per heavy atom. The van der Waals surface area contributed by atoms with Gasteiger partial charge in [0, 0.05) is 80.6 Å². The van der Waals surface area contributed by atoms with Gasteiger partial charge in [0.1, 0.15) is 5.75 Å². The SMILES string of the molecule is CC.CN(C)/C=C\N(C=O)c1ccc(-c2cc(Cl)cc(-c3cncc(N4CCNCC4)c3)c2O)cc1Cl. The Kier molecular flexibility index (Phi) is 10.2. The summed E-state index contributed by atoms with van der Waals surface area (Å²) in [4.78, 5) is 21.5. The third-order valence-electron chi connectivity index (χ3n) is 5.77. The molecule has 0 unspecified atom stereocenters. The fourth-order valence-corrected chi connectivity index (χ4v) is 4.47. The van der Waals surface area contributed by atoms with Crippen LogP contribution in [0.2, 0.25) is 10.0 Å². The van der Waals surface area contributed by atoms with Gasteiger partial charge in [0.15, 0.2) is 0 Å². The molecule has 0 saturated carbocycles. The molecule has 0 bridgehead atoms. The van der Waals surface area contributed by atoms with Gasteiger partial charge in [-0.3, -0.25) is 14.7 Å². The van der Waals surface area contributed by atoms with Gasteiger partial charge >= 0.3 is 0 Å². The van der Waals surface area contributed by atoms with Crippen LogP contribution < -0.4 is 15.1 Å². The Balaban J connectivity index is 0.00000186. The van der Waals surface area contributed by atoms with E-state index in [-0.39, 0.29) is 5.75 Å². The predicted molar refractivity (Wildman–Crippen MR) is 155 cm³/mol. The molecule has 0 atom stereocenters. The first kappa shape index (κ1) is 28.3. The van der Waals surface area contributed by atoms with Crippen LogP contribution in [0.4, 0.5) is 11.4 Å². The van der Waals surface area contributed by atoms with Gasteiger partial charge < -0.3 is 20.2 Å². The van der Waals surface area contributed by atoms with E-state index in [1.54, 1.807) is 48.9 Å². The fourth-order valence-electron chi connectivity index (χ4n) is 3.97. The molecule has 4 rings (SSSR count). The number of aromatic hydroxyl groups is 1. The van der Waals surface area contributed by atoms with Crippen molar-refractivity contribution in [3.8, 4) is 28.0 Å². The highest BCUT2D eigenvalue weighted by molar-refractivity contribution is 6.34. The number of amides is 1. The van der Waals surface area contributed by atoms with E-state index >= 15 is 0 Å². The molecular weight excluding hydrogens is 509 g/mol. The average Bonchev–Trinajstić information content (AvgIpc) is 2.92. The maximum atomic E-state index is 11.6. The number of nitrogens with one attached hydrogen (secondary N) is 1. The maximum Gasteiger partial charge on any atom is 0.218 e. The monoisotopic (exact) mass is 541 g/mol. The molecule has 9 heteroatoms. The summed E-state index contributed by atoms with van der Waals surface area (Å²) in [6.07, 6.45) is 7.61. The molecule has 2 N–H and O–H groups in total. The summed E-state index contributed by atoms with van der Waals surface area (Å²) in [5, 5.41) is 15.4. The number of rotatable bonds is 7. The zero-order valence-corrected chi connectivity index (χ0v) is 23.1. The molecule has 1 fully saturated rings. The number of phenolic OH excluding ortho intramolecular Hbond substituents is 1. The number of aromatic nitrogens is 1. The zero-order chi connectivity index (χ0) is 26.9. The van der Waals surface area contributed by atoms with Crippen molar-refractivity contribution in [1.29, 1.82) is 0 Å². The van der Waals surface area contributed by atoms with Gasteiger partial charge in [0.05, 0.1) is 22.6 Å². The number of pyridine rings is 1. The van der Waals surface area contributed by atoms with Crippen LogP contribution in [0.25, 0.3) is 22.3 Å². The molecule has 0 radical (unpaired) electrons. The minimum atomic E-state index is 0.0808. The number of anilines is 2. The highest BCUT2D eigenvalue weighted by Gasteiger charge is 2.17. The van der Waals surface area contributed by atoms with Crippen LogP contribution in [0.5, 0.6) is 5.75 Å². The van der Waals surface area contributed by atoms with E-state index in [0.717, 1.165) is 37.4 Å². The Labute approximate surface area is 228 Å². The highest BCUT2D eigenvalue weighted by Crippen LogP contribution is 2.42. The van der Waals surface area contributed by atoms with Crippen molar-refractivity contribution >= 4 is 41.0 Å². The van der Waals surface area contributed by atoms with Crippen LogP contribution in [-0.4, -0.2) is 61.7 Å². The normalized spacial score (nSPS) is 13.2. The number of benzene rings is 2. The average molecular weight is 543 g/mol. The van der Waals surface area contributed by atoms with E-state index in [1.807, 2.05) is 45.1 Å².